The van der Waals surface area contributed by atoms with Gasteiger partial charge in [0.05, 0.1) is 17.5 Å². The number of halogens is 2. The lowest BCUT2D eigenvalue weighted by Gasteiger charge is -2.38. The summed E-state index contributed by atoms with van der Waals surface area (Å²) in [6.07, 6.45) is 3.02. The molecule has 5 nitrogen and oxygen atoms in total. The molecular formula is C21H18ClFN4OS. The standard InChI is InChI=1S/C21H18ClFN4OS/c22-17-4-2-1-3-16(17)21(28)9-11-26(12-10-21)20-25-27-13-18(24-19(27)29-20)14-5-7-15(23)8-6-14/h1-8,13,28H,9-12H2. The first kappa shape index (κ1) is 18.5. The quantitative estimate of drug-likeness (QED) is 0.512. The number of benzene rings is 2. The first-order chi connectivity index (χ1) is 14.0. The summed E-state index contributed by atoms with van der Waals surface area (Å²) in [6, 6.07) is 13.8. The normalized spacial score (nSPS) is 16.4. The van der Waals surface area contributed by atoms with E-state index in [-0.39, 0.29) is 5.82 Å². The van der Waals surface area contributed by atoms with Crippen molar-refractivity contribution >= 4 is 33.0 Å². The smallest absolute Gasteiger partial charge is 0.214 e. The van der Waals surface area contributed by atoms with E-state index < -0.39 is 5.60 Å². The summed E-state index contributed by atoms with van der Waals surface area (Å²) in [5.74, 6) is -0.267. The third-order valence-corrected chi connectivity index (χ3v) is 6.72. The molecule has 148 valence electrons. The van der Waals surface area contributed by atoms with Gasteiger partial charge in [-0.25, -0.2) is 13.9 Å². The van der Waals surface area contributed by atoms with E-state index in [9.17, 15) is 9.50 Å². The topological polar surface area (TPSA) is 53.7 Å². The molecule has 0 saturated carbocycles. The van der Waals surface area contributed by atoms with Gasteiger partial charge >= 0.3 is 0 Å². The van der Waals surface area contributed by atoms with Crippen LogP contribution in [0.25, 0.3) is 16.2 Å². The van der Waals surface area contributed by atoms with Gasteiger partial charge in [-0.3, -0.25) is 0 Å². The number of anilines is 1. The zero-order valence-electron chi connectivity index (χ0n) is 15.4. The molecule has 0 spiro atoms. The van der Waals surface area contributed by atoms with Crippen LogP contribution in [0, 0.1) is 5.82 Å². The van der Waals surface area contributed by atoms with Gasteiger partial charge in [-0.1, -0.05) is 41.1 Å². The summed E-state index contributed by atoms with van der Waals surface area (Å²) in [5.41, 5.74) is 1.50. The first-order valence-corrected chi connectivity index (χ1v) is 10.6. The van der Waals surface area contributed by atoms with Crippen molar-refractivity contribution < 1.29 is 9.50 Å². The van der Waals surface area contributed by atoms with Crippen molar-refractivity contribution in [3.05, 3.63) is 71.1 Å². The first-order valence-electron chi connectivity index (χ1n) is 9.36. The Balaban J connectivity index is 1.34. The van der Waals surface area contributed by atoms with Gasteiger partial charge in [0.25, 0.3) is 0 Å². The molecule has 1 aliphatic heterocycles. The molecule has 1 N–H and O–H groups in total. The lowest BCUT2D eigenvalue weighted by molar-refractivity contribution is 0.0118. The van der Waals surface area contributed by atoms with Gasteiger partial charge in [-0.15, -0.1) is 5.10 Å². The van der Waals surface area contributed by atoms with Crippen LogP contribution in [0.4, 0.5) is 9.52 Å². The summed E-state index contributed by atoms with van der Waals surface area (Å²) < 4.78 is 14.9. The highest BCUT2D eigenvalue weighted by molar-refractivity contribution is 7.20. The molecule has 0 aliphatic carbocycles. The van der Waals surface area contributed by atoms with Crippen LogP contribution in [-0.2, 0) is 5.60 Å². The van der Waals surface area contributed by atoms with E-state index in [0.717, 1.165) is 26.9 Å². The maximum absolute atomic E-state index is 13.1. The second-order valence-electron chi connectivity index (χ2n) is 7.24. The number of aliphatic hydroxyl groups is 1. The number of hydrogen-bond donors (Lipinski definition) is 1. The fourth-order valence-electron chi connectivity index (χ4n) is 3.75. The molecule has 8 heteroatoms. The highest BCUT2D eigenvalue weighted by atomic mass is 35.5. The Hall–Kier alpha value is -2.48. The molecule has 0 amide bonds. The SMILES string of the molecule is OC1(c2ccccc2Cl)CCN(c2nn3cc(-c4ccc(F)cc4)nc3s2)CC1. The van der Waals surface area contributed by atoms with Crippen molar-refractivity contribution in [1.29, 1.82) is 0 Å². The predicted octanol–water partition coefficient (Wildman–Crippen LogP) is 4.74. The summed E-state index contributed by atoms with van der Waals surface area (Å²) >= 11 is 7.80. The van der Waals surface area contributed by atoms with Crippen LogP contribution in [0.1, 0.15) is 18.4 Å². The van der Waals surface area contributed by atoms with Crippen LogP contribution >= 0.6 is 22.9 Å². The molecular weight excluding hydrogens is 411 g/mol. The summed E-state index contributed by atoms with van der Waals surface area (Å²) in [6.45, 7) is 1.37. The Bertz CT molecular complexity index is 1130. The van der Waals surface area contributed by atoms with Gasteiger partial charge in [0.2, 0.25) is 10.1 Å². The largest absolute Gasteiger partial charge is 0.385 e. The fourth-order valence-corrected chi connectivity index (χ4v) is 5.00. The number of nitrogens with zero attached hydrogens (tertiary/aromatic N) is 4. The van der Waals surface area contributed by atoms with Gasteiger partial charge in [-0.05, 0) is 43.2 Å². The third kappa shape index (κ3) is 3.39. The third-order valence-electron chi connectivity index (χ3n) is 5.41. The minimum atomic E-state index is -0.915. The lowest BCUT2D eigenvalue weighted by Crippen LogP contribution is -2.42. The van der Waals surface area contributed by atoms with Crippen molar-refractivity contribution in [1.82, 2.24) is 14.6 Å². The van der Waals surface area contributed by atoms with Gasteiger partial charge in [0, 0.05) is 29.2 Å². The Morgan fingerprint density at radius 1 is 1.07 bits per heavy atom. The molecule has 1 aliphatic rings. The van der Waals surface area contributed by atoms with E-state index in [1.165, 1.54) is 23.5 Å². The molecule has 29 heavy (non-hydrogen) atoms. The highest BCUT2D eigenvalue weighted by Gasteiger charge is 2.36. The molecule has 0 atom stereocenters. The molecule has 2 aromatic carbocycles. The molecule has 4 aromatic rings. The fraction of sp³-hybridized carbons (Fsp3) is 0.238. The summed E-state index contributed by atoms with van der Waals surface area (Å²) in [5, 5.41) is 17.2. The van der Waals surface area contributed by atoms with Crippen molar-refractivity contribution in [3.8, 4) is 11.3 Å². The number of imidazole rings is 1. The minimum Gasteiger partial charge on any atom is -0.385 e. The predicted molar refractivity (Wildman–Crippen MR) is 113 cm³/mol. The van der Waals surface area contributed by atoms with E-state index in [2.05, 4.69) is 15.0 Å². The van der Waals surface area contributed by atoms with Crippen LogP contribution in [0.2, 0.25) is 5.02 Å². The molecule has 5 rings (SSSR count). The summed E-state index contributed by atoms with van der Waals surface area (Å²) in [4.78, 5) is 7.57. The Kier molecular flexibility index (Phi) is 4.53. The number of fused-ring (bicyclic) bond motifs is 1. The lowest BCUT2D eigenvalue weighted by atomic mass is 9.84. The molecule has 1 fully saturated rings. The molecule has 0 unspecified atom stereocenters. The van der Waals surface area contributed by atoms with E-state index in [1.54, 1.807) is 16.6 Å². The van der Waals surface area contributed by atoms with Crippen molar-refractivity contribution in [2.75, 3.05) is 18.0 Å². The van der Waals surface area contributed by atoms with E-state index in [0.29, 0.717) is 31.0 Å². The monoisotopic (exact) mass is 428 g/mol. The van der Waals surface area contributed by atoms with Gasteiger partial charge in [-0.2, -0.15) is 0 Å². The Labute approximate surface area is 176 Å². The molecule has 0 bridgehead atoms. The molecule has 1 saturated heterocycles. The van der Waals surface area contributed by atoms with Crippen LogP contribution in [0.15, 0.2) is 54.7 Å². The maximum atomic E-state index is 13.1. The number of aromatic nitrogens is 3. The van der Waals surface area contributed by atoms with Crippen LogP contribution in [0.3, 0.4) is 0 Å². The zero-order chi connectivity index (χ0) is 20.0. The highest BCUT2D eigenvalue weighted by Crippen LogP contribution is 2.38. The Morgan fingerprint density at radius 3 is 2.48 bits per heavy atom. The van der Waals surface area contributed by atoms with Crippen molar-refractivity contribution in [3.63, 3.8) is 0 Å². The van der Waals surface area contributed by atoms with E-state index in [4.69, 9.17) is 11.6 Å². The van der Waals surface area contributed by atoms with Crippen LogP contribution < -0.4 is 4.90 Å². The van der Waals surface area contributed by atoms with Gasteiger partial charge in [0.1, 0.15) is 5.82 Å². The molecule has 3 heterocycles. The molecule has 2 aromatic heterocycles. The van der Waals surface area contributed by atoms with Crippen molar-refractivity contribution in [2.45, 2.75) is 18.4 Å². The second kappa shape index (κ2) is 7.09. The minimum absolute atomic E-state index is 0.267. The molecule has 0 radical (unpaired) electrons. The van der Waals surface area contributed by atoms with Gasteiger partial charge in [0.15, 0.2) is 0 Å². The Morgan fingerprint density at radius 2 is 1.79 bits per heavy atom. The number of hydrogen-bond acceptors (Lipinski definition) is 5. The van der Waals surface area contributed by atoms with Crippen LogP contribution in [0.5, 0.6) is 0 Å². The van der Waals surface area contributed by atoms with Crippen molar-refractivity contribution in [2.24, 2.45) is 0 Å². The van der Waals surface area contributed by atoms with Gasteiger partial charge < -0.3 is 10.0 Å². The maximum Gasteiger partial charge on any atom is 0.214 e. The van der Waals surface area contributed by atoms with Crippen LogP contribution in [-0.4, -0.2) is 32.8 Å². The zero-order valence-corrected chi connectivity index (χ0v) is 17.0. The van der Waals surface area contributed by atoms with E-state index >= 15 is 0 Å². The second-order valence-corrected chi connectivity index (χ2v) is 8.58. The number of piperidine rings is 1. The summed E-state index contributed by atoms with van der Waals surface area (Å²) in [7, 11) is 0. The van der Waals surface area contributed by atoms with E-state index in [1.807, 2.05) is 30.5 Å². The number of rotatable bonds is 3. The average molecular weight is 429 g/mol. The average Bonchev–Trinajstić information content (AvgIpc) is 3.29.